The Kier molecular flexibility index (Phi) is 4.99. The summed E-state index contributed by atoms with van der Waals surface area (Å²) in [5.41, 5.74) is 2.48. The van der Waals surface area contributed by atoms with Crippen LogP contribution in [0.2, 0.25) is 0 Å². The third-order valence-corrected chi connectivity index (χ3v) is 10.2. The predicted molar refractivity (Wildman–Crippen MR) is 123 cm³/mol. The molecule has 1 N–H and O–H groups in total. The van der Waals surface area contributed by atoms with Crippen molar-refractivity contribution in [2.45, 2.75) is 78.2 Å². The largest absolute Gasteiger partial charge is 0.342 e. The monoisotopic (exact) mass is 422 g/mol. The molecule has 0 aromatic heterocycles. The van der Waals surface area contributed by atoms with Gasteiger partial charge in [-0.15, -0.1) is 0 Å². The van der Waals surface area contributed by atoms with Crippen molar-refractivity contribution < 1.29 is 9.59 Å². The minimum absolute atomic E-state index is 0.107. The highest BCUT2D eigenvalue weighted by atomic mass is 16.2. The number of nitrogens with one attached hydrogen (secondary N) is 1. The van der Waals surface area contributed by atoms with Crippen LogP contribution in [0.15, 0.2) is 24.3 Å². The summed E-state index contributed by atoms with van der Waals surface area (Å²) in [5.74, 6) is 2.70. The lowest BCUT2D eigenvalue weighted by Gasteiger charge is -2.61. The predicted octanol–water partition coefficient (Wildman–Crippen LogP) is 5.41. The quantitative estimate of drug-likeness (QED) is 0.692. The first-order chi connectivity index (χ1) is 14.7. The van der Waals surface area contributed by atoms with Gasteiger partial charge in [0, 0.05) is 31.1 Å². The molecule has 1 saturated heterocycles. The van der Waals surface area contributed by atoms with Crippen molar-refractivity contribution in [3.63, 3.8) is 0 Å². The normalized spacial score (nSPS) is 41.9. The minimum Gasteiger partial charge on any atom is -0.342 e. The second-order valence-electron chi connectivity index (χ2n) is 11.5. The van der Waals surface area contributed by atoms with Gasteiger partial charge in [-0.3, -0.25) is 9.59 Å². The zero-order valence-electron chi connectivity index (χ0n) is 19.6. The molecule has 3 aliphatic carbocycles. The highest BCUT2D eigenvalue weighted by molar-refractivity contribution is 5.93. The molecule has 4 aliphatic rings. The summed E-state index contributed by atoms with van der Waals surface area (Å²) in [5, 5.41) is 3.22. The highest BCUT2D eigenvalue weighted by Crippen LogP contribution is 2.66. The average Bonchev–Trinajstić information content (AvgIpc) is 3.10. The van der Waals surface area contributed by atoms with Crippen molar-refractivity contribution in [2.75, 3.05) is 12.4 Å². The number of benzene rings is 1. The standard InChI is InChI=1S/C27H38N2O2/c1-17-5-7-18(8-6-17)28-25(31)22-11-10-20-19-9-12-23-27(3,16-14-24(30)29(23)4)21(19)13-15-26(20,22)2/h5-8,19-23H,9-16H2,1-4H3,(H,28,31)/t19-,20-,21-,22+,23+,26-,27+/m0/s1. The van der Waals surface area contributed by atoms with Crippen LogP contribution in [0.4, 0.5) is 5.69 Å². The van der Waals surface area contributed by atoms with Crippen molar-refractivity contribution in [3.05, 3.63) is 29.8 Å². The topological polar surface area (TPSA) is 49.4 Å². The molecule has 0 bridgehead atoms. The summed E-state index contributed by atoms with van der Waals surface area (Å²) >= 11 is 0. The molecule has 4 nitrogen and oxygen atoms in total. The number of fused-ring (bicyclic) bond motifs is 5. The van der Waals surface area contributed by atoms with Crippen molar-refractivity contribution in [1.82, 2.24) is 4.90 Å². The SMILES string of the molecule is Cc1ccc(NC(=O)[C@H]2CC[C@H]3[C@@H]4CC[C@H]5N(C)C(=O)CC[C@]5(C)[C@H]4CC[C@]23C)cc1. The smallest absolute Gasteiger partial charge is 0.228 e. The zero-order valence-corrected chi connectivity index (χ0v) is 19.6. The zero-order chi connectivity index (χ0) is 22.0. The van der Waals surface area contributed by atoms with E-state index in [1.54, 1.807) is 0 Å². The van der Waals surface area contributed by atoms with E-state index in [2.05, 4.69) is 43.1 Å². The molecule has 5 rings (SSSR count). The molecule has 0 spiro atoms. The van der Waals surface area contributed by atoms with Crippen LogP contribution >= 0.6 is 0 Å². The van der Waals surface area contributed by atoms with Crippen molar-refractivity contribution in [1.29, 1.82) is 0 Å². The number of hydrogen-bond donors (Lipinski definition) is 1. The molecule has 31 heavy (non-hydrogen) atoms. The Morgan fingerprint density at radius 3 is 2.42 bits per heavy atom. The van der Waals surface area contributed by atoms with E-state index in [1.807, 2.05) is 19.2 Å². The van der Waals surface area contributed by atoms with Gasteiger partial charge in [-0.25, -0.2) is 0 Å². The van der Waals surface area contributed by atoms with Crippen molar-refractivity contribution in [2.24, 2.45) is 34.5 Å². The summed E-state index contributed by atoms with van der Waals surface area (Å²) in [6.45, 7) is 6.95. The van der Waals surface area contributed by atoms with Gasteiger partial charge in [0.25, 0.3) is 0 Å². The molecular weight excluding hydrogens is 384 g/mol. The number of anilines is 1. The average molecular weight is 423 g/mol. The van der Waals surface area contributed by atoms with Crippen LogP contribution in [0, 0.1) is 41.4 Å². The maximum atomic E-state index is 13.3. The van der Waals surface area contributed by atoms with Gasteiger partial charge < -0.3 is 10.2 Å². The lowest BCUT2D eigenvalue weighted by atomic mass is 9.47. The van der Waals surface area contributed by atoms with Crippen molar-refractivity contribution in [3.8, 4) is 0 Å². The lowest BCUT2D eigenvalue weighted by molar-refractivity contribution is -0.159. The van der Waals surface area contributed by atoms with Crippen LogP contribution < -0.4 is 5.32 Å². The fourth-order valence-corrected chi connectivity index (χ4v) is 8.45. The molecule has 1 aromatic rings. The molecule has 4 heteroatoms. The van der Waals surface area contributed by atoms with E-state index in [9.17, 15) is 9.59 Å². The fourth-order valence-electron chi connectivity index (χ4n) is 8.45. The van der Waals surface area contributed by atoms with Gasteiger partial charge in [-0.05, 0) is 92.6 Å². The molecule has 7 atom stereocenters. The van der Waals surface area contributed by atoms with Crippen LogP contribution in [0.5, 0.6) is 0 Å². The van der Waals surface area contributed by atoms with E-state index in [4.69, 9.17) is 0 Å². The first-order valence-corrected chi connectivity index (χ1v) is 12.4. The van der Waals surface area contributed by atoms with E-state index in [0.29, 0.717) is 36.1 Å². The molecule has 0 radical (unpaired) electrons. The van der Waals surface area contributed by atoms with Crippen LogP contribution in [0.25, 0.3) is 0 Å². The number of hydrogen-bond acceptors (Lipinski definition) is 2. The van der Waals surface area contributed by atoms with Crippen LogP contribution in [0.1, 0.15) is 70.8 Å². The number of amides is 2. The molecule has 0 unspecified atom stereocenters. The number of carbonyl (C=O) groups excluding carboxylic acids is 2. The minimum atomic E-state index is 0.107. The maximum absolute atomic E-state index is 13.3. The summed E-state index contributed by atoms with van der Waals surface area (Å²) in [6, 6.07) is 8.56. The molecule has 1 aliphatic heterocycles. The highest BCUT2D eigenvalue weighted by Gasteiger charge is 2.62. The maximum Gasteiger partial charge on any atom is 0.228 e. The van der Waals surface area contributed by atoms with Gasteiger partial charge in [0.2, 0.25) is 11.8 Å². The summed E-state index contributed by atoms with van der Waals surface area (Å²) in [7, 11) is 2.03. The Balaban J connectivity index is 1.35. The number of nitrogens with zero attached hydrogens (tertiary/aromatic N) is 1. The van der Waals surface area contributed by atoms with Gasteiger partial charge in [0.05, 0.1) is 0 Å². The number of carbonyl (C=O) groups is 2. The van der Waals surface area contributed by atoms with Gasteiger partial charge >= 0.3 is 0 Å². The van der Waals surface area contributed by atoms with Crippen LogP contribution in [0.3, 0.4) is 0 Å². The van der Waals surface area contributed by atoms with Gasteiger partial charge in [0.1, 0.15) is 0 Å². The first kappa shape index (κ1) is 21.0. The second kappa shape index (κ2) is 7.35. The summed E-state index contributed by atoms with van der Waals surface area (Å²) in [4.78, 5) is 27.8. The molecular formula is C27H38N2O2. The third kappa shape index (κ3) is 3.15. The van der Waals surface area contributed by atoms with Crippen LogP contribution in [-0.2, 0) is 9.59 Å². The van der Waals surface area contributed by atoms with E-state index >= 15 is 0 Å². The molecule has 4 fully saturated rings. The Bertz CT molecular complexity index is 880. The second-order valence-corrected chi connectivity index (χ2v) is 11.5. The molecule has 2 amide bonds. The Hall–Kier alpha value is -1.84. The van der Waals surface area contributed by atoms with E-state index in [-0.39, 0.29) is 22.7 Å². The van der Waals surface area contributed by atoms with Gasteiger partial charge in [-0.2, -0.15) is 0 Å². The van der Waals surface area contributed by atoms with E-state index in [0.717, 1.165) is 31.4 Å². The molecule has 1 aromatic carbocycles. The van der Waals surface area contributed by atoms with Gasteiger partial charge in [-0.1, -0.05) is 31.5 Å². The fraction of sp³-hybridized carbons (Fsp3) is 0.704. The Morgan fingerprint density at radius 1 is 0.968 bits per heavy atom. The van der Waals surface area contributed by atoms with E-state index in [1.165, 1.54) is 24.8 Å². The summed E-state index contributed by atoms with van der Waals surface area (Å²) < 4.78 is 0. The molecule has 168 valence electrons. The Labute approximate surface area is 187 Å². The third-order valence-electron chi connectivity index (χ3n) is 10.2. The first-order valence-electron chi connectivity index (χ1n) is 12.4. The molecule has 1 heterocycles. The number of rotatable bonds is 2. The molecule has 3 saturated carbocycles. The van der Waals surface area contributed by atoms with E-state index < -0.39 is 0 Å². The summed E-state index contributed by atoms with van der Waals surface area (Å²) in [6.07, 6.45) is 8.65. The number of piperidine rings is 1. The Morgan fingerprint density at radius 2 is 1.68 bits per heavy atom. The number of likely N-dealkylation sites (tertiary alicyclic amines) is 1. The van der Waals surface area contributed by atoms with Crippen LogP contribution in [-0.4, -0.2) is 29.8 Å². The number of aryl methyl sites for hydroxylation is 1. The lowest BCUT2D eigenvalue weighted by Crippen LogP contribution is -2.61. The van der Waals surface area contributed by atoms with Gasteiger partial charge in [0.15, 0.2) is 0 Å². The van der Waals surface area contributed by atoms with Crippen molar-refractivity contribution >= 4 is 17.5 Å².